The van der Waals surface area contributed by atoms with Crippen molar-refractivity contribution in [2.45, 2.75) is 12.4 Å². The number of hydrogen-bond donors (Lipinski definition) is 2. The van der Waals surface area contributed by atoms with Gasteiger partial charge in [0.25, 0.3) is 0 Å². The predicted molar refractivity (Wildman–Crippen MR) is 87.7 cm³/mol. The normalized spacial score (nSPS) is 12.0. The molecule has 0 radical (unpaired) electrons. The summed E-state index contributed by atoms with van der Waals surface area (Å²) in [5.41, 5.74) is -2.89. The summed E-state index contributed by atoms with van der Waals surface area (Å²) in [5.74, 6) is 0. The van der Waals surface area contributed by atoms with Gasteiger partial charge in [0.05, 0.1) is 22.5 Å². The van der Waals surface area contributed by atoms with E-state index in [2.05, 4.69) is 10.6 Å². The van der Waals surface area contributed by atoms with Gasteiger partial charge in [-0.15, -0.1) is 0 Å². The summed E-state index contributed by atoms with van der Waals surface area (Å²) in [4.78, 5) is 0. The molecule has 0 aliphatic heterocycles. The van der Waals surface area contributed by atoms with Gasteiger partial charge in [-0.3, -0.25) is 0 Å². The number of rotatable bonds is 2. The summed E-state index contributed by atoms with van der Waals surface area (Å²) in [6.45, 7) is 0. The van der Waals surface area contributed by atoms with E-state index in [1.165, 1.54) is 18.2 Å². The SMILES string of the molecule is FC(F)(F)c1ccccc1NC(=S)Nc1ccc(Cl)cc1C(F)(F)F. The molecule has 2 aromatic carbocycles. The third kappa shape index (κ3) is 4.99. The highest BCUT2D eigenvalue weighted by molar-refractivity contribution is 7.80. The van der Waals surface area contributed by atoms with E-state index in [9.17, 15) is 26.3 Å². The van der Waals surface area contributed by atoms with E-state index in [0.717, 1.165) is 18.2 Å². The highest BCUT2D eigenvalue weighted by Crippen LogP contribution is 2.37. The van der Waals surface area contributed by atoms with Crippen LogP contribution >= 0.6 is 23.8 Å². The fourth-order valence-corrected chi connectivity index (χ4v) is 2.37. The Morgan fingerprint density at radius 2 is 1.32 bits per heavy atom. The minimum atomic E-state index is -4.72. The molecule has 0 amide bonds. The van der Waals surface area contributed by atoms with Crippen molar-refractivity contribution in [1.29, 1.82) is 0 Å². The van der Waals surface area contributed by atoms with Gasteiger partial charge in [-0.1, -0.05) is 23.7 Å². The molecule has 2 N–H and O–H groups in total. The van der Waals surface area contributed by atoms with Gasteiger partial charge in [0.2, 0.25) is 0 Å². The molecule has 0 aromatic heterocycles. The van der Waals surface area contributed by atoms with Crippen molar-refractivity contribution in [3.63, 3.8) is 0 Å². The average molecular weight is 399 g/mol. The molecule has 2 rings (SSSR count). The fraction of sp³-hybridized carbons (Fsp3) is 0.133. The Morgan fingerprint density at radius 1 is 0.800 bits per heavy atom. The lowest BCUT2D eigenvalue weighted by Gasteiger charge is -2.18. The van der Waals surface area contributed by atoms with Crippen molar-refractivity contribution >= 4 is 40.3 Å². The van der Waals surface area contributed by atoms with Crippen LogP contribution in [0.2, 0.25) is 5.02 Å². The van der Waals surface area contributed by atoms with Crippen LogP contribution in [-0.2, 0) is 12.4 Å². The minimum Gasteiger partial charge on any atom is -0.332 e. The Morgan fingerprint density at radius 3 is 1.88 bits per heavy atom. The van der Waals surface area contributed by atoms with Crippen LogP contribution in [-0.4, -0.2) is 5.11 Å². The maximum absolute atomic E-state index is 13.0. The molecule has 10 heteroatoms. The van der Waals surface area contributed by atoms with Crippen LogP contribution in [0, 0.1) is 0 Å². The van der Waals surface area contributed by atoms with E-state index >= 15 is 0 Å². The molecule has 0 heterocycles. The molecule has 0 bridgehead atoms. The lowest BCUT2D eigenvalue weighted by atomic mass is 10.1. The zero-order chi connectivity index (χ0) is 18.8. The van der Waals surface area contributed by atoms with Gasteiger partial charge in [-0.05, 0) is 42.5 Å². The number of thiocarbonyl (C=S) groups is 1. The number of hydrogen-bond acceptors (Lipinski definition) is 1. The maximum Gasteiger partial charge on any atom is 0.418 e. The molecule has 25 heavy (non-hydrogen) atoms. The first-order chi connectivity index (χ1) is 11.5. The van der Waals surface area contributed by atoms with Crippen molar-refractivity contribution in [2.24, 2.45) is 0 Å². The molecule has 0 atom stereocenters. The summed E-state index contributed by atoms with van der Waals surface area (Å²) >= 11 is 10.4. The van der Waals surface area contributed by atoms with Crippen molar-refractivity contribution < 1.29 is 26.3 Å². The highest BCUT2D eigenvalue weighted by Gasteiger charge is 2.35. The van der Waals surface area contributed by atoms with Crippen LogP contribution < -0.4 is 10.6 Å². The van der Waals surface area contributed by atoms with Gasteiger partial charge in [0.15, 0.2) is 5.11 Å². The number of alkyl halides is 6. The van der Waals surface area contributed by atoms with Gasteiger partial charge in [-0.2, -0.15) is 26.3 Å². The van der Waals surface area contributed by atoms with Crippen LogP contribution in [0.5, 0.6) is 0 Å². The molecule has 0 aliphatic rings. The average Bonchev–Trinajstić information content (AvgIpc) is 2.47. The minimum absolute atomic E-state index is 0.140. The number of para-hydroxylation sites is 1. The molecule has 2 nitrogen and oxygen atoms in total. The largest absolute Gasteiger partial charge is 0.418 e. The monoisotopic (exact) mass is 398 g/mol. The standard InChI is InChI=1S/C15H9ClF6N2S/c16-8-5-6-12(10(7-8)15(20,21)22)24-13(25)23-11-4-2-1-3-9(11)14(17,18)19/h1-7H,(H2,23,24,25). The fourth-order valence-electron chi connectivity index (χ4n) is 1.98. The van der Waals surface area contributed by atoms with Crippen molar-refractivity contribution in [3.05, 3.63) is 58.6 Å². The van der Waals surface area contributed by atoms with Gasteiger partial charge >= 0.3 is 12.4 Å². The first-order valence-corrected chi connectivity index (χ1v) is 7.38. The van der Waals surface area contributed by atoms with Gasteiger partial charge in [0, 0.05) is 5.02 Å². The number of nitrogens with one attached hydrogen (secondary N) is 2. The van der Waals surface area contributed by atoms with Gasteiger partial charge < -0.3 is 10.6 Å². The summed E-state index contributed by atoms with van der Waals surface area (Å²) in [6, 6.07) is 7.39. The summed E-state index contributed by atoms with van der Waals surface area (Å²) < 4.78 is 77.8. The Bertz CT molecular complexity index is 788. The third-order valence-corrected chi connectivity index (χ3v) is 3.46. The van der Waals surface area contributed by atoms with Crippen molar-refractivity contribution in [2.75, 3.05) is 10.6 Å². The first-order valence-electron chi connectivity index (χ1n) is 6.59. The second kappa shape index (κ2) is 7.09. The smallest absolute Gasteiger partial charge is 0.332 e. The van der Waals surface area contributed by atoms with E-state index in [4.69, 9.17) is 23.8 Å². The molecule has 0 unspecified atom stereocenters. The summed E-state index contributed by atoms with van der Waals surface area (Å²) in [7, 11) is 0. The second-order valence-corrected chi connectivity index (χ2v) is 5.65. The van der Waals surface area contributed by atoms with E-state index in [0.29, 0.717) is 6.07 Å². The van der Waals surface area contributed by atoms with Crippen LogP contribution in [0.15, 0.2) is 42.5 Å². The molecule has 0 spiro atoms. The third-order valence-electron chi connectivity index (χ3n) is 3.02. The Kier molecular flexibility index (Phi) is 5.48. The molecule has 0 fully saturated rings. The molecular formula is C15H9ClF6N2S. The zero-order valence-electron chi connectivity index (χ0n) is 12.1. The van der Waals surface area contributed by atoms with E-state index in [-0.39, 0.29) is 10.7 Å². The summed E-state index contributed by atoms with van der Waals surface area (Å²) in [6.07, 6.45) is -9.36. The lowest BCUT2D eigenvalue weighted by molar-refractivity contribution is -0.137. The van der Waals surface area contributed by atoms with E-state index < -0.39 is 34.3 Å². The Balaban J connectivity index is 2.26. The topological polar surface area (TPSA) is 24.1 Å². The highest BCUT2D eigenvalue weighted by atomic mass is 35.5. The quantitative estimate of drug-likeness (QED) is 0.466. The van der Waals surface area contributed by atoms with Crippen LogP contribution in [0.4, 0.5) is 37.7 Å². The molecule has 0 aliphatic carbocycles. The molecule has 134 valence electrons. The zero-order valence-corrected chi connectivity index (χ0v) is 13.7. The molecule has 0 saturated carbocycles. The van der Waals surface area contributed by atoms with Crippen molar-refractivity contribution in [1.82, 2.24) is 0 Å². The number of anilines is 2. The van der Waals surface area contributed by atoms with E-state index in [1.807, 2.05) is 0 Å². The molecule has 2 aromatic rings. The summed E-state index contributed by atoms with van der Waals surface area (Å²) in [5, 5.41) is 3.94. The number of benzene rings is 2. The molecular weight excluding hydrogens is 390 g/mol. The first kappa shape index (κ1) is 19.3. The van der Waals surface area contributed by atoms with Crippen molar-refractivity contribution in [3.8, 4) is 0 Å². The van der Waals surface area contributed by atoms with Gasteiger partial charge in [-0.25, -0.2) is 0 Å². The lowest BCUT2D eigenvalue weighted by Crippen LogP contribution is -2.23. The maximum atomic E-state index is 13.0. The number of halogens is 7. The van der Waals surface area contributed by atoms with Crippen LogP contribution in [0.3, 0.4) is 0 Å². The van der Waals surface area contributed by atoms with Crippen LogP contribution in [0.1, 0.15) is 11.1 Å². The van der Waals surface area contributed by atoms with Crippen LogP contribution in [0.25, 0.3) is 0 Å². The Labute approximate surface area is 148 Å². The second-order valence-electron chi connectivity index (χ2n) is 4.81. The van der Waals surface area contributed by atoms with Gasteiger partial charge in [0.1, 0.15) is 0 Å². The predicted octanol–water partition coefficient (Wildman–Crippen LogP) is 6.19. The van der Waals surface area contributed by atoms with E-state index in [1.54, 1.807) is 0 Å². The Hall–Kier alpha value is -2.00. The molecule has 0 saturated heterocycles.